The van der Waals surface area contributed by atoms with Gasteiger partial charge in [-0.3, -0.25) is 10.2 Å². The SMILES string of the molecule is COc1ccc(Br)cc1C1(C(=O)NN)CCCCC1. The Morgan fingerprint density at radius 1 is 1.37 bits per heavy atom. The summed E-state index contributed by atoms with van der Waals surface area (Å²) in [5.74, 6) is 6.03. The third-order valence-corrected chi connectivity index (χ3v) is 4.44. The predicted octanol–water partition coefficient (Wildman–Crippen LogP) is 2.65. The van der Waals surface area contributed by atoms with Crippen LogP contribution in [-0.2, 0) is 10.2 Å². The van der Waals surface area contributed by atoms with E-state index in [1.807, 2.05) is 18.2 Å². The van der Waals surface area contributed by atoms with Crippen molar-refractivity contribution in [3.63, 3.8) is 0 Å². The fraction of sp³-hybridized carbons (Fsp3) is 0.500. The van der Waals surface area contributed by atoms with Gasteiger partial charge in [0.25, 0.3) is 0 Å². The average Bonchev–Trinajstić information content (AvgIpc) is 2.47. The van der Waals surface area contributed by atoms with Gasteiger partial charge in [0.15, 0.2) is 0 Å². The molecule has 1 aliphatic rings. The van der Waals surface area contributed by atoms with E-state index in [9.17, 15) is 4.79 Å². The van der Waals surface area contributed by atoms with Gasteiger partial charge in [0.05, 0.1) is 12.5 Å². The zero-order valence-electron chi connectivity index (χ0n) is 11.0. The van der Waals surface area contributed by atoms with E-state index in [2.05, 4.69) is 21.4 Å². The summed E-state index contributed by atoms with van der Waals surface area (Å²) in [6.45, 7) is 0. The minimum atomic E-state index is -0.567. The van der Waals surface area contributed by atoms with Crippen molar-refractivity contribution in [2.45, 2.75) is 37.5 Å². The Kier molecular flexibility index (Phi) is 4.47. The molecule has 1 aliphatic carbocycles. The number of benzene rings is 1. The van der Waals surface area contributed by atoms with Gasteiger partial charge in [0, 0.05) is 10.0 Å². The number of hydrogen-bond donors (Lipinski definition) is 2. The summed E-state index contributed by atoms with van der Waals surface area (Å²) < 4.78 is 6.37. The van der Waals surface area contributed by atoms with E-state index in [4.69, 9.17) is 10.6 Å². The topological polar surface area (TPSA) is 64.3 Å². The highest BCUT2D eigenvalue weighted by atomic mass is 79.9. The van der Waals surface area contributed by atoms with Crippen molar-refractivity contribution >= 4 is 21.8 Å². The summed E-state index contributed by atoms with van der Waals surface area (Å²) in [5, 5.41) is 0. The smallest absolute Gasteiger partial charge is 0.244 e. The fourth-order valence-corrected chi connectivity index (χ4v) is 3.33. The van der Waals surface area contributed by atoms with Crippen LogP contribution in [0.15, 0.2) is 22.7 Å². The highest BCUT2D eigenvalue weighted by Gasteiger charge is 2.42. The van der Waals surface area contributed by atoms with Gasteiger partial charge in [-0.15, -0.1) is 0 Å². The van der Waals surface area contributed by atoms with E-state index in [0.717, 1.165) is 47.9 Å². The third-order valence-electron chi connectivity index (χ3n) is 3.95. The maximum absolute atomic E-state index is 12.4. The van der Waals surface area contributed by atoms with E-state index in [1.54, 1.807) is 7.11 Å². The number of rotatable bonds is 3. The molecule has 1 aromatic carbocycles. The van der Waals surface area contributed by atoms with Crippen molar-refractivity contribution < 1.29 is 9.53 Å². The molecule has 104 valence electrons. The Bertz CT molecular complexity index is 471. The lowest BCUT2D eigenvalue weighted by Gasteiger charge is -2.36. The van der Waals surface area contributed by atoms with Crippen LogP contribution in [0.1, 0.15) is 37.7 Å². The summed E-state index contributed by atoms with van der Waals surface area (Å²) in [6, 6.07) is 5.78. The summed E-state index contributed by atoms with van der Waals surface area (Å²) in [5.41, 5.74) is 2.69. The minimum absolute atomic E-state index is 0.122. The second-order valence-corrected chi connectivity index (χ2v) is 5.88. The molecule has 0 radical (unpaired) electrons. The summed E-state index contributed by atoms with van der Waals surface area (Å²) in [7, 11) is 1.63. The molecule has 0 aromatic heterocycles. The van der Waals surface area contributed by atoms with Gasteiger partial charge in [-0.2, -0.15) is 0 Å². The molecule has 0 spiro atoms. The largest absolute Gasteiger partial charge is 0.496 e. The first-order valence-corrected chi connectivity index (χ1v) is 7.28. The Morgan fingerprint density at radius 2 is 2.05 bits per heavy atom. The van der Waals surface area contributed by atoms with E-state index in [1.165, 1.54) is 0 Å². The van der Waals surface area contributed by atoms with Crippen molar-refractivity contribution in [1.29, 1.82) is 0 Å². The summed E-state index contributed by atoms with van der Waals surface area (Å²) >= 11 is 3.47. The van der Waals surface area contributed by atoms with Crippen molar-refractivity contribution in [2.24, 2.45) is 5.84 Å². The first kappa shape index (κ1) is 14.3. The van der Waals surface area contributed by atoms with E-state index in [-0.39, 0.29) is 5.91 Å². The van der Waals surface area contributed by atoms with Crippen molar-refractivity contribution in [3.05, 3.63) is 28.2 Å². The van der Waals surface area contributed by atoms with Crippen LogP contribution in [0.3, 0.4) is 0 Å². The van der Waals surface area contributed by atoms with Crippen molar-refractivity contribution in [3.8, 4) is 5.75 Å². The number of carbonyl (C=O) groups is 1. The van der Waals surface area contributed by atoms with Gasteiger partial charge in [0.2, 0.25) is 5.91 Å². The number of hydrogen-bond acceptors (Lipinski definition) is 3. The molecule has 5 heteroatoms. The molecule has 2 rings (SSSR count). The molecule has 1 fully saturated rings. The average molecular weight is 327 g/mol. The Labute approximate surface area is 121 Å². The highest BCUT2D eigenvalue weighted by Crippen LogP contribution is 2.44. The van der Waals surface area contributed by atoms with E-state index < -0.39 is 5.41 Å². The summed E-state index contributed by atoms with van der Waals surface area (Å²) in [6.07, 6.45) is 4.84. The van der Waals surface area contributed by atoms with Crippen LogP contribution in [0, 0.1) is 0 Å². The molecule has 0 saturated heterocycles. The number of halogens is 1. The number of hydrazine groups is 1. The second kappa shape index (κ2) is 5.92. The van der Waals surface area contributed by atoms with Crippen LogP contribution in [-0.4, -0.2) is 13.0 Å². The first-order valence-electron chi connectivity index (χ1n) is 6.49. The van der Waals surface area contributed by atoms with Crippen molar-refractivity contribution in [2.75, 3.05) is 7.11 Å². The highest BCUT2D eigenvalue weighted by molar-refractivity contribution is 9.10. The maximum Gasteiger partial charge on any atom is 0.244 e. The van der Waals surface area contributed by atoms with Crippen LogP contribution >= 0.6 is 15.9 Å². The van der Waals surface area contributed by atoms with Gasteiger partial charge < -0.3 is 4.74 Å². The zero-order chi connectivity index (χ0) is 13.9. The number of nitrogens with two attached hydrogens (primary N) is 1. The molecule has 1 aromatic rings. The number of methoxy groups -OCH3 is 1. The minimum Gasteiger partial charge on any atom is -0.496 e. The Balaban J connectivity index is 2.54. The van der Waals surface area contributed by atoms with E-state index >= 15 is 0 Å². The van der Waals surface area contributed by atoms with Gasteiger partial charge in [0.1, 0.15) is 5.75 Å². The number of amides is 1. The Hall–Kier alpha value is -1.07. The maximum atomic E-state index is 12.4. The standard InChI is InChI=1S/C14H19BrN2O2/c1-19-12-6-5-10(15)9-11(12)14(13(18)17-16)7-3-2-4-8-14/h5-6,9H,2-4,7-8,16H2,1H3,(H,17,18). The molecule has 3 N–H and O–H groups in total. The lowest BCUT2D eigenvalue weighted by molar-refractivity contribution is -0.128. The van der Waals surface area contributed by atoms with Crippen LogP contribution in [0.2, 0.25) is 0 Å². The second-order valence-electron chi connectivity index (χ2n) is 4.96. The molecule has 0 bridgehead atoms. The number of carbonyl (C=O) groups excluding carboxylic acids is 1. The monoisotopic (exact) mass is 326 g/mol. The van der Waals surface area contributed by atoms with Gasteiger partial charge >= 0.3 is 0 Å². The van der Waals surface area contributed by atoms with Gasteiger partial charge in [-0.1, -0.05) is 35.2 Å². The summed E-state index contributed by atoms with van der Waals surface area (Å²) in [4.78, 5) is 12.4. The van der Waals surface area contributed by atoms with Crippen LogP contribution in [0.4, 0.5) is 0 Å². The number of ether oxygens (including phenoxy) is 1. The van der Waals surface area contributed by atoms with Gasteiger partial charge in [-0.05, 0) is 31.0 Å². The molecular weight excluding hydrogens is 308 g/mol. The fourth-order valence-electron chi connectivity index (χ4n) is 2.97. The lowest BCUT2D eigenvalue weighted by atomic mass is 9.68. The van der Waals surface area contributed by atoms with Gasteiger partial charge in [-0.25, -0.2) is 5.84 Å². The van der Waals surface area contributed by atoms with Crippen molar-refractivity contribution in [1.82, 2.24) is 5.43 Å². The predicted molar refractivity (Wildman–Crippen MR) is 77.8 cm³/mol. The number of nitrogens with one attached hydrogen (secondary N) is 1. The Morgan fingerprint density at radius 3 is 2.63 bits per heavy atom. The molecular formula is C14H19BrN2O2. The quantitative estimate of drug-likeness (QED) is 0.510. The third kappa shape index (κ3) is 2.62. The molecule has 0 aliphatic heterocycles. The van der Waals surface area contributed by atoms with Crippen LogP contribution in [0.5, 0.6) is 5.75 Å². The van der Waals surface area contributed by atoms with Crippen LogP contribution < -0.4 is 16.0 Å². The molecule has 0 unspecified atom stereocenters. The zero-order valence-corrected chi connectivity index (χ0v) is 12.6. The molecule has 0 atom stereocenters. The molecule has 4 nitrogen and oxygen atoms in total. The van der Waals surface area contributed by atoms with Crippen LogP contribution in [0.25, 0.3) is 0 Å². The molecule has 1 amide bonds. The molecule has 0 heterocycles. The van der Waals surface area contributed by atoms with E-state index in [0.29, 0.717) is 0 Å². The molecule has 1 saturated carbocycles. The normalized spacial score (nSPS) is 17.8. The first-order chi connectivity index (χ1) is 9.14. The lowest BCUT2D eigenvalue weighted by Crippen LogP contribution is -2.48. The molecule has 19 heavy (non-hydrogen) atoms.